The van der Waals surface area contributed by atoms with E-state index in [4.69, 9.17) is 11.6 Å². The first-order chi connectivity index (χ1) is 9.36. The Hall–Kier alpha value is -1.04. The van der Waals surface area contributed by atoms with Crippen LogP contribution < -0.4 is 5.32 Å². The molecule has 0 heterocycles. The smallest absolute Gasteiger partial charge is 0.175 e. The van der Waals surface area contributed by atoms with Crippen molar-refractivity contribution in [1.82, 2.24) is 0 Å². The van der Waals surface area contributed by atoms with Gasteiger partial charge in [0.1, 0.15) is 0 Å². The van der Waals surface area contributed by atoms with Crippen LogP contribution in [0.3, 0.4) is 0 Å². The number of halogens is 2. The summed E-state index contributed by atoms with van der Waals surface area (Å²) in [5, 5.41) is 3.84. The van der Waals surface area contributed by atoms with E-state index < -0.39 is 9.84 Å². The van der Waals surface area contributed by atoms with Crippen LogP contribution in [0.4, 0.5) is 5.69 Å². The molecule has 0 saturated carbocycles. The molecule has 0 radical (unpaired) electrons. The molecule has 3 nitrogen and oxygen atoms in total. The number of anilines is 1. The zero-order valence-electron chi connectivity index (χ0n) is 10.7. The molecule has 0 atom stereocenters. The van der Waals surface area contributed by atoms with Gasteiger partial charge in [-0.05, 0) is 42.0 Å². The summed E-state index contributed by atoms with van der Waals surface area (Å²) in [6.45, 7) is 0.519. The van der Waals surface area contributed by atoms with Crippen molar-refractivity contribution >= 4 is 43.1 Å². The molecule has 0 aliphatic rings. The molecule has 0 aliphatic carbocycles. The maximum atomic E-state index is 11.5. The number of rotatable bonds is 4. The molecular formula is C14H13BrClNO2S. The number of hydrogen-bond donors (Lipinski definition) is 1. The zero-order chi connectivity index (χ0) is 14.8. The molecular weight excluding hydrogens is 362 g/mol. The summed E-state index contributed by atoms with van der Waals surface area (Å²) in [5.74, 6) is 0. The van der Waals surface area contributed by atoms with Crippen molar-refractivity contribution in [2.45, 2.75) is 11.4 Å². The van der Waals surface area contributed by atoms with E-state index >= 15 is 0 Å². The molecule has 106 valence electrons. The lowest BCUT2D eigenvalue weighted by molar-refractivity contribution is 0.602. The first-order valence-corrected chi connectivity index (χ1v) is 8.90. The van der Waals surface area contributed by atoms with E-state index in [9.17, 15) is 8.42 Å². The molecule has 0 unspecified atom stereocenters. The minimum absolute atomic E-state index is 0.294. The topological polar surface area (TPSA) is 46.2 Å². The zero-order valence-corrected chi connectivity index (χ0v) is 13.9. The maximum Gasteiger partial charge on any atom is 0.175 e. The summed E-state index contributed by atoms with van der Waals surface area (Å²) >= 11 is 9.50. The van der Waals surface area contributed by atoms with Gasteiger partial charge in [0.25, 0.3) is 0 Å². The lowest BCUT2D eigenvalue weighted by Crippen LogP contribution is -2.02. The highest BCUT2D eigenvalue weighted by Crippen LogP contribution is 2.22. The third kappa shape index (κ3) is 3.98. The minimum atomic E-state index is -3.20. The van der Waals surface area contributed by atoms with Crippen molar-refractivity contribution in [1.29, 1.82) is 0 Å². The lowest BCUT2D eigenvalue weighted by atomic mass is 10.2. The quantitative estimate of drug-likeness (QED) is 0.875. The monoisotopic (exact) mass is 373 g/mol. The van der Waals surface area contributed by atoms with Crippen LogP contribution in [0, 0.1) is 0 Å². The van der Waals surface area contributed by atoms with Crippen LogP contribution in [0.1, 0.15) is 5.56 Å². The number of sulfone groups is 1. The van der Waals surface area contributed by atoms with E-state index in [1.807, 2.05) is 24.3 Å². The summed E-state index contributed by atoms with van der Waals surface area (Å²) in [6, 6.07) is 12.3. The summed E-state index contributed by atoms with van der Waals surface area (Å²) < 4.78 is 24.0. The molecule has 0 spiro atoms. The Morgan fingerprint density at radius 2 is 1.95 bits per heavy atom. The van der Waals surface area contributed by atoms with E-state index in [0.717, 1.165) is 15.7 Å². The summed E-state index contributed by atoms with van der Waals surface area (Å²) in [5.41, 5.74) is 1.68. The average Bonchev–Trinajstić information content (AvgIpc) is 2.39. The Bertz CT molecular complexity index is 732. The molecule has 2 aromatic carbocycles. The van der Waals surface area contributed by atoms with Gasteiger partial charge in [-0.3, -0.25) is 0 Å². The normalized spacial score (nSPS) is 11.3. The van der Waals surface area contributed by atoms with Crippen molar-refractivity contribution in [3.05, 3.63) is 57.5 Å². The molecule has 1 N–H and O–H groups in total. The fourth-order valence-corrected chi connectivity index (χ4v) is 2.97. The van der Waals surface area contributed by atoms with Crippen molar-refractivity contribution in [2.75, 3.05) is 11.6 Å². The highest BCUT2D eigenvalue weighted by atomic mass is 79.9. The first-order valence-electron chi connectivity index (χ1n) is 5.84. The molecule has 6 heteroatoms. The molecule has 0 bridgehead atoms. The predicted molar refractivity (Wildman–Crippen MR) is 86.0 cm³/mol. The third-order valence-electron chi connectivity index (χ3n) is 2.75. The minimum Gasteiger partial charge on any atom is -0.381 e. The van der Waals surface area contributed by atoms with Gasteiger partial charge in [0.2, 0.25) is 0 Å². The number of hydrogen-bond acceptors (Lipinski definition) is 3. The molecule has 0 aliphatic heterocycles. The van der Waals surface area contributed by atoms with Gasteiger partial charge in [0.15, 0.2) is 9.84 Å². The molecule has 20 heavy (non-hydrogen) atoms. The first kappa shape index (κ1) is 15.4. The maximum absolute atomic E-state index is 11.5. The lowest BCUT2D eigenvalue weighted by Gasteiger charge is -2.09. The van der Waals surface area contributed by atoms with Crippen LogP contribution in [-0.4, -0.2) is 14.7 Å². The SMILES string of the molecule is CS(=O)(=O)c1cccc(NCc2cc(Br)ccc2Cl)c1. The number of nitrogens with one attached hydrogen (secondary N) is 1. The van der Waals surface area contributed by atoms with Gasteiger partial charge in [0, 0.05) is 28.0 Å². The van der Waals surface area contributed by atoms with Gasteiger partial charge >= 0.3 is 0 Å². The van der Waals surface area contributed by atoms with Crippen molar-refractivity contribution in [3.8, 4) is 0 Å². The molecule has 2 aromatic rings. The molecule has 2 rings (SSSR count). The standard InChI is InChI=1S/C14H13BrClNO2S/c1-20(18,19)13-4-2-3-12(8-13)17-9-10-7-11(15)5-6-14(10)16/h2-8,17H,9H2,1H3. The molecule has 0 amide bonds. The predicted octanol–water partition coefficient (Wildman–Crippen LogP) is 4.12. The van der Waals surface area contributed by atoms with Crippen LogP contribution in [0.5, 0.6) is 0 Å². The fourth-order valence-electron chi connectivity index (χ4n) is 1.71. The highest BCUT2D eigenvalue weighted by molar-refractivity contribution is 9.10. The summed E-state index contributed by atoms with van der Waals surface area (Å²) in [7, 11) is -3.20. The largest absolute Gasteiger partial charge is 0.381 e. The Labute approximate surface area is 132 Å². The Balaban J connectivity index is 2.17. The third-order valence-corrected chi connectivity index (χ3v) is 4.73. The number of benzene rings is 2. The van der Waals surface area contributed by atoms with Gasteiger partial charge in [-0.1, -0.05) is 33.6 Å². The van der Waals surface area contributed by atoms with E-state index in [-0.39, 0.29) is 0 Å². The van der Waals surface area contributed by atoms with E-state index in [2.05, 4.69) is 21.2 Å². The molecule has 0 aromatic heterocycles. The second kappa shape index (κ2) is 6.16. The fraction of sp³-hybridized carbons (Fsp3) is 0.143. The van der Waals surface area contributed by atoms with Crippen molar-refractivity contribution < 1.29 is 8.42 Å². The molecule has 0 saturated heterocycles. The van der Waals surface area contributed by atoms with Crippen LogP contribution in [-0.2, 0) is 16.4 Å². The van der Waals surface area contributed by atoms with Crippen LogP contribution in [0.25, 0.3) is 0 Å². The van der Waals surface area contributed by atoms with Gasteiger partial charge < -0.3 is 5.32 Å². The van der Waals surface area contributed by atoms with Gasteiger partial charge in [-0.25, -0.2) is 8.42 Å². The Kier molecular flexibility index (Phi) is 4.73. The van der Waals surface area contributed by atoms with E-state index in [1.165, 1.54) is 6.26 Å². The van der Waals surface area contributed by atoms with Gasteiger partial charge in [0.05, 0.1) is 4.90 Å². The van der Waals surface area contributed by atoms with Crippen molar-refractivity contribution in [3.63, 3.8) is 0 Å². The summed E-state index contributed by atoms with van der Waals surface area (Å²) in [6.07, 6.45) is 1.19. The Morgan fingerprint density at radius 3 is 2.65 bits per heavy atom. The molecule has 0 fully saturated rings. The van der Waals surface area contributed by atoms with Gasteiger partial charge in [-0.2, -0.15) is 0 Å². The highest BCUT2D eigenvalue weighted by Gasteiger charge is 2.07. The van der Waals surface area contributed by atoms with Crippen LogP contribution in [0.2, 0.25) is 5.02 Å². The van der Waals surface area contributed by atoms with Crippen LogP contribution >= 0.6 is 27.5 Å². The average molecular weight is 375 g/mol. The second-order valence-corrected chi connectivity index (χ2v) is 7.73. The Morgan fingerprint density at radius 1 is 1.20 bits per heavy atom. The van der Waals surface area contributed by atoms with E-state index in [0.29, 0.717) is 16.5 Å². The van der Waals surface area contributed by atoms with E-state index in [1.54, 1.807) is 18.2 Å². The second-order valence-electron chi connectivity index (χ2n) is 4.39. The summed E-state index contributed by atoms with van der Waals surface area (Å²) in [4.78, 5) is 0.294. The van der Waals surface area contributed by atoms with Crippen molar-refractivity contribution in [2.24, 2.45) is 0 Å². The van der Waals surface area contributed by atoms with Crippen LogP contribution in [0.15, 0.2) is 51.8 Å². The van der Waals surface area contributed by atoms with Gasteiger partial charge in [-0.15, -0.1) is 0 Å².